The van der Waals surface area contributed by atoms with Crippen molar-refractivity contribution in [1.29, 1.82) is 0 Å². The van der Waals surface area contributed by atoms with Gasteiger partial charge in [-0.3, -0.25) is 0 Å². The van der Waals surface area contributed by atoms with Gasteiger partial charge in [-0.15, -0.1) is 10.2 Å². The number of hydrogen-bond acceptors (Lipinski definition) is 3. The molecule has 0 aliphatic heterocycles. The highest BCUT2D eigenvalue weighted by Gasteiger charge is 2.51. The largest absolute Gasteiger partial charge is 0.399 e. The number of anilines is 1. The highest BCUT2D eigenvalue weighted by molar-refractivity contribution is 6.33. The molecule has 0 spiro atoms. The summed E-state index contributed by atoms with van der Waals surface area (Å²) < 4.78 is 2.08. The number of hydrogen-bond donors (Lipinski definition) is 1. The van der Waals surface area contributed by atoms with Crippen LogP contribution in [-0.4, -0.2) is 14.8 Å². The van der Waals surface area contributed by atoms with Crippen molar-refractivity contribution >= 4 is 17.3 Å². The third-order valence-electron chi connectivity index (χ3n) is 5.03. The Balaban J connectivity index is 2.06. The van der Waals surface area contributed by atoms with E-state index in [-0.39, 0.29) is 5.41 Å². The Morgan fingerprint density at radius 3 is 2.64 bits per heavy atom. The predicted molar refractivity (Wildman–Crippen MR) is 105 cm³/mol. The fraction of sp³-hybridized carbons (Fsp3) is 0.400. The molecule has 0 radical (unpaired) electrons. The molecule has 0 atom stereocenters. The van der Waals surface area contributed by atoms with Crippen LogP contribution in [0.2, 0.25) is 5.02 Å². The van der Waals surface area contributed by atoms with Gasteiger partial charge in [0.25, 0.3) is 0 Å². The van der Waals surface area contributed by atoms with Crippen LogP contribution in [0.15, 0.2) is 41.5 Å². The van der Waals surface area contributed by atoms with E-state index in [0.717, 1.165) is 36.5 Å². The lowest BCUT2D eigenvalue weighted by atomic mass is 9.88. The van der Waals surface area contributed by atoms with E-state index >= 15 is 0 Å². The number of rotatable bonds is 5. The van der Waals surface area contributed by atoms with Crippen LogP contribution in [0.25, 0.3) is 11.4 Å². The number of halogens is 1. The van der Waals surface area contributed by atoms with Crippen molar-refractivity contribution in [3.8, 4) is 11.4 Å². The summed E-state index contributed by atoms with van der Waals surface area (Å²) in [5.41, 5.74) is 9.98. The molecule has 1 aromatic heterocycles. The van der Waals surface area contributed by atoms with Crippen LogP contribution in [0, 0.1) is 0 Å². The highest BCUT2D eigenvalue weighted by atomic mass is 35.5. The van der Waals surface area contributed by atoms with E-state index in [2.05, 4.69) is 47.7 Å². The summed E-state index contributed by atoms with van der Waals surface area (Å²) in [7, 11) is 2.02. The molecule has 2 aromatic rings. The summed E-state index contributed by atoms with van der Waals surface area (Å²) in [5.74, 6) is 1.78. The molecule has 2 N–H and O–H groups in total. The maximum absolute atomic E-state index is 6.38. The third-order valence-corrected chi connectivity index (χ3v) is 5.34. The van der Waals surface area contributed by atoms with Crippen molar-refractivity contribution in [3.05, 3.63) is 52.3 Å². The van der Waals surface area contributed by atoms with Crippen LogP contribution in [0.1, 0.15) is 45.9 Å². The highest BCUT2D eigenvalue weighted by Crippen LogP contribution is 2.55. The number of aromatic nitrogens is 3. The Bertz CT molecular complexity index is 857. The molecule has 4 nitrogen and oxygen atoms in total. The number of allylic oxidation sites excluding steroid dienone is 4. The summed E-state index contributed by atoms with van der Waals surface area (Å²) in [6.45, 7) is 6.46. The Hall–Kier alpha value is -2.07. The zero-order valence-electron chi connectivity index (χ0n) is 15.3. The molecular weight excluding hydrogens is 332 g/mol. The molecule has 3 rings (SSSR count). The molecule has 1 aromatic carbocycles. The van der Waals surface area contributed by atoms with Crippen molar-refractivity contribution < 1.29 is 0 Å². The SMILES string of the molecule is C/C=C(\C(C)=C/CC)C1(c2nnc(-c3ccc(N)cc3Cl)n2C)CC1. The van der Waals surface area contributed by atoms with Gasteiger partial charge in [-0.05, 0) is 56.9 Å². The Labute approximate surface area is 154 Å². The molecule has 0 bridgehead atoms. The molecule has 0 amide bonds. The van der Waals surface area contributed by atoms with Gasteiger partial charge in [0.05, 0.1) is 10.4 Å². The van der Waals surface area contributed by atoms with E-state index in [1.54, 1.807) is 6.07 Å². The predicted octanol–water partition coefficient (Wildman–Crippen LogP) is 5.05. The van der Waals surface area contributed by atoms with Crippen molar-refractivity contribution in [1.82, 2.24) is 14.8 Å². The van der Waals surface area contributed by atoms with E-state index in [1.165, 1.54) is 11.1 Å². The molecule has 1 fully saturated rings. The normalized spacial score (nSPS) is 17.0. The van der Waals surface area contributed by atoms with Crippen LogP contribution in [0.5, 0.6) is 0 Å². The molecule has 1 saturated carbocycles. The lowest BCUT2D eigenvalue weighted by Gasteiger charge is -2.20. The molecule has 0 unspecified atom stereocenters. The number of nitrogens with two attached hydrogens (primary N) is 1. The second-order valence-electron chi connectivity index (χ2n) is 6.73. The first-order chi connectivity index (χ1) is 11.9. The van der Waals surface area contributed by atoms with Gasteiger partial charge in [0.15, 0.2) is 5.82 Å². The van der Waals surface area contributed by atoms with Gasteiger partial charge in [0.2, 0.25) is 0 Å². The summed E-state index contributed by atoms with van der Waals surface area (Å²) in [4.78, 5) is 0. The maximum atomic E-state index is 6.38. The van der Waals surface area contributed by atoms with Crippen molar-refractivity contribution in [2.24, 2.45) is 7.05 Å². The van der Waals surface area contributed by atoms with E-state index in [0.29, 0.717) is 10.7 Å². The van der Waals surface area contributed by atoms with Gasteiger partial charge < -0.3 is 10.3 Å². The smallest absolute Gasteiger partial charge is 0.165 e. The zero-order chi connectivity index (χ0) is 18.2. The Morgan fingerprint density at radius 1 is 1.36 bits per heavy atom. The van der Waals surface area contributed by atoms with Crippen molar-refractivity contribution in [2.75, 3.05) is 5.73 Å². The van der Waals surface area contributed by atoms with Gasteiger partial charge >= 0.3 is 0 Å². The van der Waals surface area contributed by atoms with Crippen LogP contribution < -0.4 is 5.73 Å². The van der Waals surface area contributed by atoms with Crippen LogP contribution in [0.4, 0.5) is 5.69 Å². The summed E-state index contributed by atoms with van der Waals surface area (Å²) in [6, 6.07) is 5.50. The number of nitrogen functional groups attached to an aromatic ring is 1. The van der Waals surface area contributed by atoms with E-state index in [4.69, 9.17) is 17.3 Å². The lowest BCUT2D eigenvalue weighted by Crippen LogP contribution is -2.17. The third kappa shape index (κ3) is 2.99. The molecule has 25 heavy (non-hydrogen) atoms. The average Bonchev–Trinajstić information content (AvgIpc) is 3.25. The van der Waals surface area contributed by atoms with E-state index in [9.17, 15) is 0 Å². The molecule has 0 saturated heterocycles. The standard InChI is InChI=1S/C20H25ClN4/c1-5-7-13(3)16(6-2)20(10-11-20)19-24-23-18(25(19)4)15-9-8-14(22)12-17(15)21/h6-9,12H,5,10-11,22H2,1-4H3/b13-7-,16-6+. The zero-order valence-corrected chi connectivity index (χ0v) is 16.1. The Kier molecular flexibility index (Phi) is 4.74. The first-order valence-electron chi connectivity index (χ1n) is 8.73. The second-order valence-corrected chi connectivity index (χ2v) is 7.13. The molecule has 5 heteroatoms. The fourth-order valence-electron chi connectivity index (χ4n) is 3.73. The van der Waals surface area contributed by atoms with Crippen molar-refractivity contribution in [2.45, 2.75) is 45.4 Å². The van der Waals surface area contributed by atoms with Gasteiger partial charge in [-0.2, -0.15) is 0 Å². The lowest BCUT2D eigenvalue weighted by molar-refractivity contribution is 0.685. The second kappa shape index (κ2) is 6.68. The first kappa shape index (κ1) is 17.7. The number of nitrogens with zero attached hydrogens (tertiary/aromatic N) is 3. The van der Waals surface area contributed by atoms with E-state index in [1.807, 2.05) is 19.2 Å². The quantitative estimate of drug-likeness (QED) is 0.602. The van der Waals surface area contributed by atoms with Gasteiger partial charge in [-0.1, -0.05) is 36.2 Å². The molecule has 132 valence electrons. The average molecular weight is 357 g/mol. The Morgan fingerprint density at radius 2 is 2.08 bits per heavy atom. The topological polar surface area (TPSA) is 56.7 Å². The minimum atomic E-state index is -0.0230. The number of benzene rings is 1. The van der Waals surface area contributed by atoms with Crippen molar-refractivity contribution in [3.63, 3.8) is 0 Å². The molecule has 1 aliphatic rings. The minimum Gasteiger partial charge on any atom is -0.399 e. The fourth-order valence-corrected chi connectivity index (χ4v) is 4.00. The van der Waals surface area contributed by atoms with Gasteiger partial charge in [-0.25, -0.2) is 0 Å². The molecule has 1 heterocycles. The summed E-state index contributed by atoms with van der Waals surface area (Å²) in [5, 5.41) is 9.60. The molecule has 1 aliphatic carbocycles. The van der Waals surface area contributed by atoms with Crippen LogP contribution in [-0.2, 0) is 12.5 Å². The molecular formula is C20H25ClN4. The maximum Gasteiger partial charge on any atom is 0.165 e. The summed E-state index contributed by atoms with van der Waals surface area (Å²) >= 11 is 6.38. The van der Waals surface area contributed by atoms with Gasteiger partial charge in [0, 0.05) is 18.3 Å². The summed E-state index contributed by atoms with van der Waals surface area (Å²) in [6.07, 6.45) is 7.74. The van der Waals surface area contributed by atoms with Gasteiger partial charge in [0.1, 0.15) is 5.82 Å². The minimum absolute atomic E-state index is 0.0230. The first-order valence-corrected chi connectivity index (χ1v) is 9.11. The van der Waals surface area contributed by atoms with E-state index < -0.39 is 0 Å². The van der Waals surface area contributed by atoms with Crippen LogP contribution >= 0.6 is 11.6 Å². The monoisotopic (exact) mass is 356 g/mol. The van der Waals surface area contributed by atoms with Crippen LogP contribution in [0.3, 0.4) is 0 Å².